The molecule has 0 N–H and O–H groups in total. The summed E-state index contributed by atoms with van der Waals surface area (Å²) in [6.45, 7) is 3.30. The first-order valence-electron chi connectivity index (χ1n) is 4.92. The molecule has 1 saturated heterocycles. The molecule has 0 amide bonds. The first kappa shape index (κ1) is 8.67. The number of hydrogen-bond donors (Lipinski definition) is 0. The van der Waals surface area contributed by atoms with Crippen molar-refractivity contribution in [3.63, 3.8) is 0 Å². The highest BCUT2D eigenvalue weighted by Crippen LogP contribution is 2.22. The van der Waals surface area contributed by atoms with Crippen molar-refractivity contribution in [1.29, 1.82) is 0 Å². The third-order valence-corrected chi connectivity index (χ3v) is 2.81. The second kappa shape index (κ2) is 2.93. The Morgan fingerprint density at radius 1 is 1.60 bits per heavy atom. The van der Waals surface area contributed by atoms with Gasteiger partial charge in [0.15, 0.2) is 11.7 Å². The Balaban J connectivity index is 2.24. The fourth-order valence-electron chi connectivity index (χ4n) is 1.92. The Labute approximate surface area is 86.5 Å². The number of fused-ring (bicyclic) bond motifs is 1. The number of aryl methyl sites for hydroxylation is 1. The highest BCUT2D eigenvalue weighted by Gasteiger charge is 2.26. The van der Waals surface area contributed by atoms with E-state index >= 15 is 0 Å². The lowest BCUT2D eigenvalue weighted by molar-refractivity contribution is -0.577. The Kier molecular flexibility index (Phi) is 1.70. The molecule has 0 atom stereocenters. The molecular weight excluding hydrogens is 194 g/mol. The molecule has 3 heterocycles. The van der Waals surface area contributed by atoms with Crippen LogP contribution in [0.4, 0.5) is 0 Å². The van der Waals surface area contributed by atoms with E-state index in [-0.39, 0.29) is 6.04 Å². The lowest BCUT2D eigenvalue weighted by Gasteiger charge is -2.26. The van der Waals surface area contributed by atoms with E-state index in [2.05, 4.69) is 5.10 Å². The van der Waals surface area contributed by atoms with Crippen molar-refractivity contribution in [2.45, 2.75) is 13.0 Å². The molecule has 0 spiro atoms. The van der Waals surface area contributed by atoms with E-state index in [1.165, 1.54) is 6.20 Å². The minimum Gasteiger partial charge on any atom is -0.618 e. The normalized spacial score (nSPS) is 16.9. The van der Waals surface area contributed by atoms with Crippen LogP contribution in [0.15, 0.2) is 18.3 Å². The van der Waals surface area contributed by atoms with Gasteiger partial charge in [-0.1, -0.05) is 0 Å². The average Bonchev–Trinajstić information content (AvgIpc) is 2.43. The van der Waals surface area contributed by atoms with Gasteiger partial charge in [-0.15, -0.1) is 0 Å². The first-order chi connectivity index (χ1) is 7.27. The predicted molar refractivity (Wildman–Crippen MR) is 53.3 cm³/mol. The monoisotopic (exact) mass is 205 g/mol. The van der Waals surface area contributed by atoms with Gasteiger partial charge in [-0.3, -0.25) is 4.68 Å². The maximum absolute atomic E-state index is 11.6. The molecule has 1 fully saturated rings. The van der Waals surface area contributed by atoms with Crippen LogP contribution in [-0.2, 0) is 4.74 Å². The van der Waals surface area contributed by atoms with E-state index < -0.39 is 0 Å². The minimum atomic E-state index is 0.289. The maximum atomic E-state index is 11.6. The highest BCUT2D eigenvalue weighted by molar-refractivity contribution is 5.73. The van der Waals surface area contributed by atoms with Gasteiger partial charge in [0.05, 0.1) is 19.3 Å². The summed E-state index contributed by atoms with van der Waals surface area (Å²) in [6, 6.07) is 3.85. The lowest BCUT2D eigenvalue weighted by atomic mass is 10.2. The van der Waals surface area contributed by atoms with Crippen molar-refractivity contribution >= 4 is 11.0 Å². The summed E-state index contributed by atoms with van der Waals surface area (Å²) < 4.78 is 7.88. The fraction of sp³-hybridized carbons (Fsp3) is 0.400. The highest BCUT2D eigenvalue weighted by atomic mass is 16.5. The number of pyridine rings is 1. The van der Waals surface area contributed by atoms with Gasteiger partial charge in [0, 0.05) is 6.07 Å². The van der Waals surface area contributed by atoms with E-state index in [1.54, 1.807) is 6.07 Å². The van der Waals surface area contributed by atoms with Gasteiger partial charge in [0.2, 0.25) is 0 Å². The van der Waals surface area contributed by atoms with Crippen LogP contribution < -0.4 is 4.73 Å². The Bertz CT molecular complexity index is 517. The predicted octanol–water partition coefficient (Wildman–Crippen LogP) is 0.549. The quantitative estimate of drug-likeness (QED) is 0.504. The van der Waals surface area contributed by atoms with Crippen LogP contribution in [0.1, 0.15) is 11.7 Å². The van der Waals surface area contributed by atoms with Crippen LogP contribution in [-0.4, -0.2) is 23.0 Å². The standard InChI is InChI=1S/C10H11N3O2/c1-7-10-9(3-2-4-12(10)14)11-13(7)8-5-15-6-8/h2-4,8H,5-6H2,1H3. The van der Waals surface area contributed by atoms with Gasteiger partial charge in [-0.05, 0) is 13.0 Å². The van der Waals surface area contributed by atoms with Crippen molar-refractivity contribution in [3.8, 4) is 0 Å². The van der Waals surface area contributed by atoms with E-state index in [0.717, 1.165) is 15.9 Å². The summed E-state index contributed by atoms with van der Waals surface area (Å²) in [6.07, 6.45) is 1.50. The number of ether oxygens (including phenoxy) is 1. The summed E-state index contributed by atoms with van der Waals surface area (Å²) in [5.74, 6) is 0. The van der Waals surface area contributed by atoms with Crippen LogP contribution in [0.3, 0.4) is 0 Å². The summed E-state index contributed by atoms with van der Waals surface area (Å²) >= 11 is 0. The van der Waals surface area contributed by atoms with Crippen LogP contribution in [0, 0.1) is 12.1 Å². The number of hydrogen-bond acceptors (Lipinski definition) is 3. The van der Waals surface area contributed by atoms with E-state index in [4.69, 9.17) is 4.74 Å². The number of rotatable bonds is 1. The Hall–Kier alpha value is -1.62. The maximum Gasteiger partial charge on any atom is 0.265 e. The smallest absolute Gasteiger partial charge is 0.265 e. The molecule has 5 heteroatoms. The molecule has 0 unspecified atom stereocenters. The van der Waals surface area contributed by atoms with Crippen LogP contribution in [0.25, 0.3) is 11.0 Å². The van der Waals surface area contributed by atoms with E-state index in [9.17, 15) is 5.21 Å². The van der Waals surface area contributed by atoms with Gasteiger partial charge in [0.1, 0.15) is 5.69 Å². The van der Waals surface area contributed by atoms with Crippen LogP contribution in [0.2, 0.25) is 0 Å². The molecule has 3 rings (SSSR count). The summed E-state index contributed by atoms with van der Waals surface area (Å²) in [5, 5.41) is 16.0. The van der Waals surface area contributed by atoms with E-state index in [1.807, 2.05) is 17.7 Å². The van der Waals surface area contributed by atoms with Crippen molar-refractivity contribution in [2.24, 2.45) is 0 Å². The topological polar surface area (TPSA) is 54.0 Å². The molecule has 15 heavy (non-hydrogen) atoms. The molecule has 5 nitrogen and oxygen atoms in total. The Morgan fingerprint density at radius 2 is 2.40 bits per heavy atom. The van der Waals surface area contributed by atoms with Gasteiger partial charge in [-0.25, -0.2) is 0 Å². The largest absolute Gasteiger partial charge is 0.618 e. The second-order valence-electron chi connectivity index (χ2n) is 3.79. The molecule has 2 aromatic heterocycles. The van der Waals surface area contributed by atoms with Gasteiger partial charge in [-0.2, -0.15) is 9.83 Å². The summed E-state index contributed by atoms with van der Waals surface area (Å²) in [5.41, 5.74) is 2.32. The molecular formula is C10H11N3O2. The SMILES string of the molecule is Cc1c2c(ccc[n+]2[O-])nn1C1COC1. The lowest BCUT2D eigenvalue weighted by Crippen LogP contribution is -2.32. The third kappa shape index (κ3) is 1.13. The minimum absolute atomic E-state index is 0.289. The average molecular weight is 205 g/mol. The van der Waals surface area contributed by atoms with Crippen LogP contribution in [0.5, 0.6) is 0 Å². The number of nitrogens with zero attached hydrogens (tertiary/aromatic N) is 3. The third-order valence-electron chi connectivity index (χ3n) is 2.81. The van der Waals surface area contributed by atoms with Crippen molar-refractivity contribution in [1.82, 2.24) is 9.78 Å². The van der Waals surface area contributed by atoms with Crippen LogP contribution >= 0.6 is 0 Å². The van der Waals surface area contributed by atoms with Gasteiger partial charge >= 0.3 is 0 Å². The molecule has 0 radical (unpaired) electrons. The number of aromatic nitrogens is 3. The molecule has 0 saturated carbocycles. The fourth-order valence-corrected chi connectivity index (χ4v) is 1.92. The zero-order valence-corrected chi connectivity index (χ0v) is 8.38. The second-order valence-corrected chi connectivity index (χ2v) is 3.79. The Morgan fingerprint density at radius 3 is 3.00 bits per heavy atom. The van der Waals surface area contributed by atoms with Gasteiger partial charge < -0.3 is 9.94 Å². The van der Waals surface area contributed by atoms with Gasteiger partial charge in [0.25, 0.3) is 5.52 Å². The van der Waals surface area contributed by atoms with E-state index in [0.29, 0.717) is 18.7 Å². The molecule has 0 aliphatic carbocycles. The molecule has 1 aliphatic heterocycles. The first-order valence-corrected chi connectivity index (χ1v) is 4.92. The zero-order valence-electron chi connectivity index (χ0n) is 8.38. The zero-order chi connectivity index (χ0) is 10.4. The molecule has 0 bridgehead atoms. The summed E-state index contributed by atoms with van der Waals surface area (Å²) in [4.78, 5) is 0. The molecule has 0 aromatic carbocycles. The van der Waals surface area contributed by atoms with Crippen molar-refractivity contribution in [2.75, 3.05) is 13.2 Å². The summed E-state index contributed by atoms with van der Waals surface area (Å²) in [7, 11) is 0. The van der Waals surface area contributed by atoms with Crippen molar-refractivity contribution in [3.05, 3.63) is 29.2 Å². The molecule has 78 valence electrons. The molecule has 2 aromatic rings. The van der Waals surface area contributed by atoms with Crippen molar-refractivity contribution < 1.29 is 9.47 Å². The molecule has 1 aliphatic rings.